The molecule has 0 aromatic heterocycles. The van der Waals surface area contributed by atoms with Crippen molar-refractivity contribution in [3.05, 3.63) is 52.1 Å². The summed E-state index contributed by atoms with van der Waals surface area (Å²) in [5, 5.41) is 40.4. The molecular weight excluding hydrogens is 342 g/mol. The summed E-state index contributed by atoms with van der Waals surface area (Å²) in [7, 11) is 0. The third-order valence-corrected chi connectivity index (χ3v) is 3.09. The highest BCUT2D eigenvalue weighted by atomic mass is 16.6. The van der Waals surface area contributed by atoms with Crippen LogP contribution in [0, 0.1) is 17.0 Å². The molecule has 0 fully saturated rings. The van der Waals surface area contributed by atoms with E-state index in [2.05, 4.69) is 5.32 Å². The number of hydrogen-bond donors (Lipinski definition) is 5. The Labute approximate surface area is 150 Å². The van der Waals surface area contributed by atoms with Crippen LogP contribution in [0.1, 0.15) is 19.4 Å². The van der Waals surface area contributed by atoms with Gasteiger partial charge in [0.1, 0.15) is 23.4 Å². The zero-order valence-corrected chi connectivity index (χ0v) is 14.7. The molecule has 0 saturated carbocycles. The lowest BCUT2D eigenvalue weighted by atomic mass is 10.2. The average molecular weight is 365 g/mol. The number of nitro benzene ring substituents is 1. The van der Waals surface area contributed by atoms with Gasteiger partial charge in [-0.25, -0.2) is 0 Å². The zero-order chi connectivity index (χ0) is 19.9. The largest absolute Gasteiger partial charge is 0.508 e. The maximum absolute atomic E-state index is 10.5. The molecule has 0 aliphatic rings. The molecule has 0 aliphatic heterocycles. The van der Waals surface area contributed by atoms with E-state index < -0.39 is 17.4 Å². The van der Waals surface area contributed by atoms with Crippen LogP contribution in [0.15, 0.2) is 36.4 Å². The van der Waals surface area contributed by atoms with E-state index in [1.54, 1.807) is 19.1 Å². The molecule has 6 N–H and O–H groups in total. The van der Waals surface area contributed by atoms with Crippen LogP contribution in [0.2, 0.25) is 0 Å². The summed E-state index contributed by atoms with van der Waals surface area (Å²) in [4.78, 5) is 9.86. The van der Waals surface area contributed by atoms with Gasteiger partial charge in [-0.15, -0.1) is 0 Å². The quantitative estimate of drug-likeness (QED) is 0.234. The molecule has 0 radical (unpaired) electrons. The van der Waals surface area contributed by atoms with Gasteiger partial charge in [0, 0.05) is 11.8 Å². The van der Waals surface area contributed by atoms with Crippen molar-refractivity contribution in [2.45, 2.75) is 33.3 Å². The number of anilines is 2. The zero-order valence-electron chi connectivity index (χ0n) is 14.7. The molecule has 0 aliphatic carbocycles. The summed E-state index contributed by atoms with van der Waals surface area (Å²) in [5.41, 5.74) is 6.73. The summed E-state index contributed by atoms with van der Waals surface area (Å²) in [5.74, 6) is 0.446. The van der Waals surface area contributed by atoms with Crippen LogP contribution < -0.4 is 15.8 Å². The molecule has 2 atom stereocenters. The molecule has 0 spiro atoms. The van der Waals surface area contributed by atoms with Gasteiger partial charge >= 0.3 is 0 Å². The Hall–Kier alpha value is -3.04. The van der Waals surface area contributed by atoms with Crippen LogP contribution in [-0.4, -0.2) is 32.8 Å². The fourth-order valence-electron chi connectivity index (χ4n) is 1.89. The van der Waals surface area contributed by atoms with Crippen LogP contribution in [0.25, 0.3) is 0 Å². The van der Waals surface area contributed by atoms with E-state index >= 15 is 0 Å². The Morgan fingerprint density at radius 2 is 1.85 bits per heavy atom. The van der Waals surface area contributed by atoms with Crippen LogP contribution in [0.4, 0.5) is 17.1 Å². The number of phenolic OH excluding ortho intramolecular Hbond substituents is 1. The van der Waals surface area contributed by atoms with E-state index in [0.717, 1.165) is 5.56 Å². The molecule has 2 rings (SSSR count). The highest BCUT2D eigenvalue weighted by Crippen LogP contribution is 2.26. The van der Waals surface area contributed by atoms with Gasteiger partial charge in [0.25, 0.3) is 5.69 Å². The second kappa shape index (κ2) is 9.44. The van der Waals surface area contributed by atoms with Crippen LogP contribution >= 0.6 is 0 Å². The molecule has 2 aromatic carbocycles. The summed E-state index contributed by atoms with van der Waals surface area (Å²) < 4.78 is 4.86. The monoisotopic (exact) mass is 365 g/mol. The SMILES string of the molecule is CC(O)Oc1ccc(N)c([N+](=O)[O-])c1.Cc1ccc(NC(C)O)cc1O. The van der Waals surface area contributed by atoms with Gasteiger partial charge in [0.2, 0.25) is 0 Å². The van der Waals surface area contributed by atoms with Gasteiger partial charge < -0.3 is 31.1 Å². The highest BCUT2D eigenvalue weighted by molar-refractivity contribution is 5.60. The van der Waals surface area contributed by atoms with Crippen molar-refractivity contribution in [3.8, 4) is 11.5 Å². The Balaban J connectivity index is 0.000000263. The third kappa shape index (κ3) is 6.83. The first-order valence-corrected chi connectivity index (χ1v) is 7.73. The number of ether oxygens (including phenoxy) is 1. The van der Waals surface area contributed by atoms with Crippen molar-refractivity contribution in [1.82, 2.24) is 0 Å². The van der Waals surface area contributed by atoms with Crippen molar-refractivity contribution in [2.75, 3.05) is 11.1 Å². The number of nitrogens with one attached hydrogen (secondary N) is 1. The molecule has 0 heterocycles. The van der Waals surface area contributed by atoms with E-state index in [1.807, 2.05) is 13.0 Å². The van der Waals surface area contributed by atoms with Gasteiger partial charge in [0.05, 0.1) is 11.0 Å². The topological polar surface area (TPSA) is 151 Å². The van der Waals surface area contributed by atoms with Gasteiger partial charge in [-0.3, -0.25) is 10.1 Å². The van der Waals surface area contributed by atoms with Gasteiger partial charge in [-0.05, 0) is 44.5 Å². The number of hydrogen-bond acceptors (Lipinski definition) is 8. The lowest BCUT2D eigenvalue weighted by Gasteiger charge is -2.09. The summed E-state index contributed by atoms with van der Waals surface area (Å²) >= 11 is 0. The number of nitro groups is 1. The maximum Gasteiger partial charge on any atom is 0.295 e. The second-order valence-corrected chi connectivity index (χ2v) is 5.52. The predicted octanol–water partition coefficient (Wildman–Crippen LogP) is 2.34. The minimum absolute atomic E-state index is 0.0629. The first-order chi connectivity index (χ1) is 12.1. The summed E-state index contributed by atoms with van der Waals surface area (Å²) in [6.07, 6.45) is -1.62. The molecule has 0 bridgehead atoms. The number of benzene rings is 2. The smallest absolute Gasteiger partial charge is 0.295 e. The minimum Gasteiger partial charge on any atom is -0.508 e. The molecular formula is C17H23N3O6. The van der Waals surface area contributed by atoms with Crippen molar-refractivity contribution in [3.63, 3.8) is 0 Å². The number of nitrogens with zero attached hydrogens (tertiary/aromatic N) is 1. The number of aliphatic hydroxyl groups is 2. The van der Waals surface area contributed by atoms with Crippen LogP contribution in [0.3, 0.4) is 0 Å². The molecule has 9 heteroatoms. The van der Waals surface area contributed by atoms with Crippen LogP contribution in [0.5, 0.6) is 11.5 Å². The Bertz CT molecular complexity index is 749. The highest BCUT2D eigenvalue weighted by Gasteiger charge is 2.13. The number of aromatic hydroxyl groups is 1. The normalized spacial score (nSPS) is 12.3. The molecule has 2 aromatic rings. The lowest BCUT2D eigenvalue weighted by Crippen LogP contribution is -2.12. The molecule has 142 valence electrons. The average Bonchev–Trinajstić information content (AvgIpc) is 2.52. The minimum atomic E-state index is -1.02. The summed E-state index contributed by atoms with van der Waals surface area (Å²) in [6, 6.07) is 9.16. The number of aliphatic hydroxyl groups excluding tert-OH is 2. The van der Waals surface area contributed by atoms with Gasteiger partial charge in [0.15, 0.2) is 6.29 Å². The Morgan fingerprint density at radius 3 is 2.35 bits per heavy atom. The standard InChI is InChI=1S/C9H13NO2.C8H10N2O4/c1-6-3-4-8(5-9(6)12)10-7(2)11;1-5(11)14-6-2-3-7(9)8(4-6)10(12)13/h3-5,7,10-12H,1-2H3;2-5,11H,9H2,1H3. The molecule has 9 nitrogen and oxygen atoms in total. The third-order valence-electron chi connectivity index (χ3n) is 3.09. The fourth-order valence-corrected chi connectivity index (χ4v) is 1.89. The lowest BCUT2D eigenvalue weighted by molar-refractivity contribution is -0.384. The number of phenols is 1. The number of nitrogens with two attached hydrogens (primary N) is 1. The molecule has 26 heavy (non-hydrogen) atoms. The molecule has 0 amide bonds. The first kappa shape index (κ1) is 21.0. The number of rotatable bonds is 5. The van der Waals surface area contributed by atoms with Gasteiger partial charge in [-0.1, -0.05) is 6.07 Å². The van der Waals surface area contributed by atoms with E-state index in [4.69, 9.17) is 20.7 Å². The van der Waals surface area contributed by atoms with E-state index in [0.29, 0.717) is 5.69 Å². The maximum atomic E-state index is 10.5. The molecule has 2 unspecified atom stereocenters. The van der Waals surface area contributed by atoms with E-state index in [1.165, 1.54) is 25.1 Å². The number of aryl methyl sites for hydroxylation is 1. The van der Waals surface area contributed by atoms with Crippen molar-refractivity contribution >= 4 is 17.1 Å². The fraction of sp³-hybridized carbons (Fsp3) is 0.294. The predicted molar refractivity (Wildman–Crippen MR) is 98.0 cm³/mol. The Kier molecular flexibility index (Phi) is 7.63. The van der Waals surface area contributed by atoms with Crippen molar-refractivity contribution in [1.29, 1.82) is 0 Å². The number of nitrogen functional groups attached to an aromatic ring is 1. The van der Waals surface area contributed by atoms with Crippen molar-refractivity contribution < 1.29 is 25.0 Å². The first-order valence-electron chi connectivity index (χ1n) is 7.73. The van der Waals surface area contributed by atoms with Crippen molar-refractivity contribution in [2.24, 2.45) is 0 Å². The second-order valence-electron chi connectivity index (χ2n) is 5.52. The molecule has 0 saturated heterocycles. The summed E-state index contributed by atoms with van der Waals surface area (Å²) in [6.45, 7) is 4.85. The Morgan fingerprint density at radius 1 is 1.19 bits per heavy atom. The van der Waals surface area contributed by atoms with Gasteiger partial charge in [-0.2, -0.15) is 0 Å². The van der Waals surface area contributed by atoms with Crippen LogP contribution in [-0.2, 0) is 0 Å². The van der Waals surface area contributed by atoms with E-state index in [9.17, 15) is 15.2 Å². The van der Waals surface area contributed by atoms with E-state index in [-0.39, 0.29) is 22.9 Å².